The minimum atomic E-state index is 0.248. The molecule has 124 valence electrons. The van der Waals surface area contributed by atoms with Crippen LogP contribution in [0.25, 0.3) is 33.3 Å². The van der Waals surface area contributed by atoms with Gasteiger partial charge in [0, 0.05) is 22.6 Å². The second-order valence-corrected chi connectivity index (χ2v) is 6.50. The van der Waals surface area contributed by atoms with Crippen molar-refractivity contribution in [2.24, 2.45) is 0 Å². The summed E-state index contributed by atoms with van der Waals surface area (Å²) in [6, 6.07) is 24.3. The number of benzene rings is 3. The van der Waals surface area contributed by atoms with E-state index in [2.05, 4.69) is 61.0 Å². The van der Waals surface area contributed by atoms with Gasteiger partial charge in [-0.05, 0) is 43.7 Å². The Morgan fingerprint density at radius 2 is 1.52 bits per heavy atom. The molecule has 0 fully saturated rings. The fourth-order valence-corrected chi connectivity index (χ4v) is 3.25. The lowest BCUT2D eigenvalue weighted by Gasteiger charge is -2.11. The van der Waals surface area contributed by atoms with E-state index < -0.39 is 0 Å². The van der Waals surface area contributed by atoms with E-state index in [1.54, 1.807) is 12.1 Å². The van der Waals surface area contributed by atoms with E-state index in [4.69, 9.17) is 5.10 Å². The number of para-hydroxylation sites is 1. The third kappa shape index (κ3) is 2.68. The van der Waals surface area contributed by atoms with Crippen LogP contribution in [0.2, 0.25) is 0 Å². The smallest absolute Gasteiger partial charge is 0.115 e. The number of phenolic OH excluding ortho intramolecular Hbond substituents is 1. The molecule has 0 spiro atoms. The van der Waals surface area contributed by atoms with E-state index in [0.717, 1.165) is 22.2 Å². The topological polar surface area (TPSA) is 38.0 Å². The predicted octanol–water partition coefficient (Wildman–Crippen LogP) is 5.66. The molecule has 0 amide bonds. The van der Waals surface area contributed by atoms with Gasteiger partial charge in [-0.25, -0.2) is 0 Å². The molecule has 1 aromatic heterocycles. The number of hydrogen-bond acceptors (Lipinski definition) is 2. The Kier molecular flexibility index (Phi) is 3.77. The zero-order valence-corrected chi connectivity index (χ0v) is 14.3. The molecule has 0 atom stereocenters. The third-order valence-corrected chi connectivity index (χ3v) is 4.44. The van der Waals surface area contributed by atoms with E-state index >= 15 is 0 Å². The molecule has 1 heterocycles. The summed E-state index contributed by atoms with van der Waals surface area (Å²) in [6.45, 7) is 4.30. The maximum absolute atomic E-state index is 9.58. The number of fused-ring (bicyclic) bond motifs is 1. The molecule has 0 bridgehead atoms. The maximum atomic E-state index is 9.58. The number of aromatic nitrogens is 2. The summed E-state index contributed by atoms with van der Waals surface area (Å²) >= 11 is 0. The van der Waals surface area contributed by atoms with Crippen molar-refractivity contribution in [3.63, 3.8) is 0 Å². The molecule has 1 N–H and O–H groups in total. The minimum Gasteiger partial charge on any atom is -0.508 e. The van der Waals surface area contributed by atoms with E-state index in [0.29, 0.717) is 0 Å². The summed E-state index contributed by atoms with van der Waals surface area (Å²) in [6.07, 6.45) is 0. The molecule has 0 saturated heterocycles. The van der Waals surface area contributed by atoms with Crippen molar-refractivity contribution < 1.29 is 5.11 Å². The number of hydrogen-bond donors (Lipinski definition) is 1. The standard InChI is InChI=1S/C22H20N2O/c1-15(2)24-22-19(16-7-4-3-5-8-16)9-6-10-20(22)21(23-24)17-11-13-18(25)14-12-17/h3-15,25H,1-2H3. The molecule has 3 heteroatoms. The Balaban J connectivity index is 2.03. The summed E-state index contributed by atoms with van der Waals surface area (Å²) in [5, 5.41) is 15.6. The van der Waals surface area contributed by atoms with Gasteiger partial charge in [-0.2, -0.15) is 5.10 Å². The van der Waals surface area contributed by atoms with Crippen LogP contribution >= 0.6 is 0 Å². The van der Waals surface area contributed by atoms with Gasteiger partial charge in [0.25, 0.3) is 0 Å². The maximum Gasteiger partial charge on any atom is 0.115 e. The van der Waals surface area contributed by atoms with Crippen LogP contribution in [0.15, 0.2) is 72.8 Å². The first-order chi connectivity index (χ1) is 12.1. The molecular weight excluding hydrogens is 308 g/mol. The van der Waals surface area contributed by atoms with Crippen molar-refractivity contribution in [1.82, 2.24) is 9.78 Å². The Morgan fingerprint density at radius 3 is 2.20 bits per heavy atom. The van der Waals surface area contributed by atoms with E-state index in [-0.39, 0.29) is 11.8 Å². The van der Waals surface area contributed by atoms with Gasteiger partial charge < -0.3 is 5.11 Å². The molecule has 25 heavy (non-hydrogen) atoms. The second kappa shape index (κ2) is 6.10. The van der Waals surface area contributed by atoms with Gasteiger partial charge in [0.1, 0.15) is 11.4 Å². The van der Waals surface area contributed by atoms with Crippen molar-refractivity contribution in [3.05, 3.63) is 72.8 Å². The molecule has 0 aliphatic heterocycles. The Labute approximate surface area is 147 Å². The van der Waals surface area contributed by atoms with Gasteiger partial charge in [0.05, 0.1) is 5.52 Å². The van der Waals surface area contributed by atoms with Crippen LogP contribution in [0, 0.1) is 0 Å². The number of phenols is 1. The van der Waals surface area contributed by atoms with Crippen LogP contribution in [0.3, 0.4) is 0 Å². The summed E-state index contributed by atoms with van der Waals surface area (Å²) in [4.78, 5) is 0. The minimum absolute atomic E-state index is 0.248. The average Bonchev–Trinajstić information content (AvgIpc) is 3.03. The first-order valence-corrected chi connectivity index (χ1v) is 8.51. The van der Waals surface area contributed by atoms with Gasteiger partial charge >= 0.3 is 0 Å². The lowest BCUT2D eigenvalue weighted by molar-refractivity contribution is 0.475. The zero-order chi connectivity index (χ0) is 17.4. The molecule has 0 unspecified atom stereocenters. The van der Waals surface area contributed by atoms with Gasteiger partial charge in [-0.3, -0.25) is 4.68 Å². The van der Waals surface area contributed by atoms with Crippen LogP contribution < -0.4 is 0 Å². The highest BCUT2D eigenvalue weighted by Crippen LogP contribution is 2.36. The van der Waals surface area contributed by atoms with Crippen LogP contribution in [0.5, 0.6) is 5.75 Å². The average molecular weight is 328 g/mol. The lowest BCUT2D eigenvalue weighted by Crippen LogP contribution is -2.03. The fraction of sp³-hybridized carbons (Fsp3) is 0.136. The Bertz CT molecular complexity index is 1020. The van der Waals surface area contributed by atoms with E-state index in [1.807, 2.05) is 18.2 Å². The Hall–Kier alpha value is -3.07. The molecule has 3 aromatic carbocycles. The zero-order valence-electron chi connectivity index (χ0n) is 14.3. The molecule has 0 aliphatic carbocycles. The van der Waals surface area contributed by atoms with Crippen molar-refractivity contribution in [1.29, 1.82) is 0 Å². The SMILES string of the molecule is CC(C)n1nc(-c2ccc(O)cc2)c2cccc(-c3ccccc3)c21. The summed E-state index contributed by atoms with van der Waals surface area (Å²) in [5.74, 6) is 0.265. The molecule has 4 rings (SSSR count). The monoisotopic (exact) mass is 328 g/mol. The number of nitrogens with zero attached hydrogens (tertiary/aromatic N) is 2. The molecular formula is C22H20N2O. The van der Waals surface area contributed by atoms with Gasteiger partial charge in [0.15, 0.2) is 0 Å². The molecule has 4 aromatic rings. The lowest BCUT2D eigenvalue weighted by atomic mass is 10.00. The van der Waals surface area contributed by atoms with Crippen molar-refractivity contribution in [2.75, 3.05) is 0 Å². The highest BCUT2D eigenvalue weighted by Gasteiger charge is 2.17. The number of rotatable bonds is 3. The summed E-state index contributed by atoms with van der Waals surface area (Å²) in [7, 11) is 0. The normalized spacial score (nSPS) is 11.3. The number of aromatic hydroxyl groups is 1. The van der Waals surface area contributed by atoms with E-state index in [1.165, 1.54) is 11.1 Å². The van der Waals surface area contributed by atoms with Crippen LogP contribution in [0.1, 0.15) is 19.9 Å². The summed E-state index contributed by atoms with van der Waals surface area (Å²) < 4.78 is 2.10. The summed E-state index contributed by atoms with van der Waals surface area (Å²) in [5.41, 5.74) is 5.47. The van der Waals surface area contributed by atoms with Crippen LogP contribution in [-0.4, -0.2) is 14.9 Å². The predicted molar refractivity (Wildman–Crippen MR) is 103 cm³/mol. The molecule has 0 saturated carbocycles. The molecule has 0 aliphatic rings. The van der Waals surface area contributed by atoms with Gasteiger partial charge in [0.2, 0.25) is 0 Å². The second-order valence-electron chi connectivity index (χ2n) is 6.50. The fourth-order valence-electron chi connectivity index (χ4n) is 3.25. The largest absolute Gasteiger partial charge is 0.508 e. The van der Waals surface area contributed by atoms with Crippen molar-refractivity contribution >= 4 is 10.9 Å². The van der Waals surface area contributed by atoms with Crippen LogP contribution in [0.4, 0.5) is 0 Å². The quantitative estimate of drug-likeness (QED) is 0.527. The first kappa shape index (κ1) is 15.5. The third-order valence-electron chi connectivity index (χ3n) is 4.44. The van der Waals surface area contributed by atoms with Gasteiger partial charge in [-0.15, -0.1) is 0 Å². The molecule has 3 nitrogen and oxygen atoms in total. The van der Waals surface area contributed by atoms with Crippen LogP contribution in [-0.2, 0) is 0 Å². The highest BCUT2D eigenvalue weighted by atomic mass is 16.3. The highest BCUT2D eigenvalue weighted by molar-refractivity contribution is 6.01. The van der Waals surface area contributed by atoms with Crippen molar-refractivity contribution in [2.45, 2.75) is 19.9 Å². The first-order valence-electron chi connectivity index (χ1n) is 8.51. The van der Waals surface area contributed by atoms with E-state index in [9.17, 15) is 5.11 Å². The Morgan fingerprint density at radius 1 is 0.800 bits per heavy atom. The molecule has 0 radical (unpaired) electrons. The van der Waals surface area contributed by atoms with Gasteiger partial charge in [-0.1, -0.05) is 48.5 Å². The van der Waals surface area contributed by atoms with Crippen molar-refractivity contribution in [3.8, 4) is 28.1 Å².